The van der Waals surface area contributed by atoms with Crippen LogP contribution in [0.4, 0.5) is 0 Å². The van der Waals surface area contributed by atoms with Crippen LogP contribution in [-0.4, -0.2) is 47.0 Å². The molecule has 0 amide bonds. The van der Waals surface area contributed by atoms with Crippen LogP contribution in [0.3, 0.4) is 0 Å². The SMILES string of the molecule is CNS(=O)(=O)CC1CNCCO1. The molecule has 12 heavy (non-hydrogen) atoms. The lowest BCUT2D eigenvalue weighted by molar-refractivity contribution is 0.0429. The highest BCUT2D eigenvalue weighted by Crippen LogP contribution is 1.98. The van der Waals surface area contributed by atoms with Crippen LogP contribution in [0.15, 0.2) is 0 Å². The maximum atomic E-state index is 11.0. The number of sulfonamides is 1. The van der Waals surface area contributed by atoms with E-state index < -0.39 is 10.0 Å². The highest BCUT2D eigenvalue weighted by atomic mass is 32.2. The lowest BCUT2D eigenvalue weighted by Gasteiger charge is -2.22. The third kappa shape index (κ3) is 3.06. The molecule has 1 aliphatic heterocycles. The van der Waals surface area contributed by atoms with Crippen molar-refractivity contribution >= 4 is 10.0 Å². The third-order valence-corrected chi connectivity index (χ3v) is 3.15. The lowest BCUT2D eigenvalue weighted by atomic mass is 10.3. The van der Waals surface area contributed by atoms with Crippen LogP contribution in [0.5, 0.6) is 0 Å². The summed E-state index contributed by atoms with van der Waals surface area (Å²) in [4.78, 5) is 0. The molecule has 2 N–H and O–H groups in total. The fourth-order valence-electron chi connectivity index (χ4n) is 1.05. The minimum absolute atomic E-state index is 0.0382. The first kappa shape index (κ1) is 9.91. The molecule has 1 heterocycles. The Morgan fingerprint density at radius 2 is 2.42 bits per heavy atom. The van der Waals surface area contributed by atoms with Crippen LogP contribution in [-0.2, 0) is 14.8 Å². The first-order valence-corrected chi connectivity index (χ1v) is 5.53. The molecule has 1 unspecified atom stereocenters. The van der Waals surface area contributed by atoms with Gasteiger partial charge in [0.05, 0.1) is 18.5 Å². The molecule has 1 rings (SSSR count). The summed E-state index contributed by atoms with van der Waals surface area (Å²) in [6.45, 7) is 2.00. The molecular weight excluding hydrogens is 180 g/mol. The van der Waals surface area contributed by atoms with Crippen LogP contribution in [0.2, 0.25) is 0 Å². The van der Waals surface area contributed by atoms with Crippen molar-refractivity contribution in [3.05, 3.63) is 0 Å². The molecule has 1 atom stereocenters. The Morgan fingerprint density at radius 3 is 2.92 bits per heavy atom. The molecule has 0 aliphatic carbocycles. The van der Waals surface area contributed by atoms with Gasteiger partial charge in [0.15, 0.2) is 0 Å². The molecule has 0 saturated carbocycles. The van der Waals surface area contributed by atoms with Crippen molar-refractivity contribution in [1.82, 2.24) is 10.0 Å². The van der Waals surface area contributed by atoms with Crippen molar-refractivity contribution in [2.45, 2.75) is 6.10 Å². The van der Waals surface area contributed by atoms with Gasteiger partial charge in [0.2, 0.25) is 10.0 Å². The van der Waals surface area contributed by atoms with Crippen LogP contribution in [0, 0.1) is 0 Å². The summed E-state index contributed by atoms with van der Waals surface area (Å²) in [5.74, 6) is 0.0382. The van der Waals surface area contributed by atoms with Gasteiger partial charge in [-0.25, -0.2) is 13.1 Å². The highest BCUT2D eigenvalue weighted by molar-refractivity contribution is 7.89. The summed E-state index contributed by atoms with van der Waals surface area (Å²) >= 11 is 0. The van der Waals surface area contributed by atoms with Crippen LogP contribution in [0.1, 0.15) is 0 Å². The number of hydrogen-bond donors (Lipinski definition) is 2. The monoisotopic (exact) mass is 194 g/mol. The maximum absolute atomic E-state index is 11.0. The van der Waals surface area contributed by atoms with Gasteiger partial charge >= 0.3 is 0 Å². The number of morpholine rings is 1. The fourth-order valence-corrected chi connectivity index (χ4v) is 1.93. The van der Waals surface area contributed by atoms with Gasteiger partial charge < -0.3 is 10.1 Å². The zero-order chi connectivity index (χ0) is 9.03. The molecule has 0 aromatic rings. The average Bonchev–Trinajstić information content (AvgIpc) is 2.06. The quantitative estimate of drug-likeness (QED) is 0.575. The van der Waals surface area contributed by atoms with E-state index in [2.05, 4.69) is 10.0 Å². The molecule has 6 heteroatoms. The second-order valence-corrected chi connectivity index (χ2v) is 4.65. The highest BCUT2D eigenvalue weighted by Gasteiger charge is 2.20. The number of nitrogens with one attached hydrogen (secondary N) is 2. The number of hydrogen-bond acceptors (Lipinski definition) is 4. The molecule has 72 valence electrons. The van der Waals surface area contributed by atoms with E-state index in [0.717, 1.165) is 6.54 Å². The summed E-state index contributed by atoms with van der Waals surface area (Å²) in [7, 11) is -1.73. The predicted molar refractivity (Wildman–Crippen MR) is 45.5 cm³/mol. The van der Waals surface area contributed by atoms with Crippen molar-refractivity contribution in [1.29, 1.82) is 0 Å². The zero-order valence-corrected chi connectivity index (χ0v) is 7.86. The van der Waals surface area contributed by atoms with Gasteiger partial charge in [-0.3, -0.25) is 0 Å². The summed E-state index contributed by atoms with van der Waals surface area (Å²) in [5, 5.41) is 3.06. The molecule has 0 spiro atoms. The van der Waals surface area contributed by atoms with Crippen LogP contribution < -0.4 is 10.0 Å². The van der Waals surface area contributed by atoms with E-state index in [0.29, 0.717) is 13.2 Å². The van der Waals surface area contributed by atoms with E-state index in [9.17, 15) is 8.42 Å². The minimum Gasteiger partial charge on any atom is -0.374 e. The Hall–Kier alpha value is -0.170. The Morgan fingerprint density at radius 1 is 1.67 bits per heavy atom. The molecule has 0 bridgehead atoms. The van der Waals surface area contributed by atoms with E-state index >= 15 is 0 Å². The normalized spacial score (nSPS) is 25.6. The van der Waals surface area contributed by atoms with E-state index in [1.165, 1.54) is 7.05 Å². The van der Waals surface area contributed by atoms with Gasteiger partial charge in [-0.1, -0.05) is 0 Å². The Balaban J connectivity index is 2.39. The van der Waals surface area contributed by atoms with Crippen molar-refractivity contribution in [3.8, 4) is 0 Å². The van der Waals surface area contributed by atoms with Gasteiger partial charge in [-0.15, -0.1) is 0 Å². The van der Waals surface area contributed by atoms with E-state index in [4.69, 9.17) is 4.74 Å². The fraction of sp³-hybridized carbons (Fsp3) is 1.00. The van der Waals surface area contributed by atoms with Gasteiger partial charge in [-0.05, 0) is 7.05 Å². The summed E-state index contributed by atoms with van der Waals surface area (Å²) in [6, 6.07) is 0. The Labute approximate surface area is 72.5 Å². The van der Waals surface area contributed by atoms with Crippen LogP contribution in [0.25, 0.3) is 0 Å². The molecule has 5 nitrogen and oxygen atoms in total. The number of ether oxygens (including phenoxy) is 1. The molecule has 1 fully saturated rings. The van der Waals surface area contributed by atoms with E-state index in [1.807, 2.05) is 0 Å². The van der Waals surface area contributed by atoms with Crippen molar-refractivity contribution in [2.75, 3.05) is 32.5 Å². The molecule has 0 aromatic carbocycles. The standard InChI is InChI=1S/C6H14N2O3S/c1-7-12(9,10)5-6-4-8-2-3-11-6/h6-8H,2-5H2,1H3. The van der Waals surface area contributed by atoms with E-state index in [-0.39, 0.29) is 11.9 Å². The molecule has 1 aliphatic rings. The first-order valence-electron chi connectivity index (χ1n) is 3.87. The lowest BCUT2D eigenvalue weighted by Crippen LogP contribution is -2.43. The second-order valence-electron chi connectivity index (χ2n) is 2.68. The minimum atomic E-state index is -3.13. The van der Waals surface area contributed by atoms with Gasteiger partial charge in [0, 0.05) is 13.1 Å². The zero-order valence-electron chi connectivity index (χ0n) is 7.04. The van der Waals surface area contributed by atoms with Gasteiger partial charge in [-0.2, -0.15) is 0 Å². The average molecular weight is 194 g/mol. The molecule has 1 saturated heterocycles. The van der Waals surface area contributed by atoms with Gasteiger partial charge in [0.25, 0.3) is 0 Å². The van der Waals surface area contributed by atoms with Gasteiger partial charge in [0.1, 0.15) is 0 Å². The smallest absolute Gasteiger partial charge is 0.213 e. The molecule has 0 aromatic heterocycles. The Bertz CT molecular complexity index is 221. The van der Waals surface area contributed by atoms with Crippen molar-refractivity contribution in [3.63, 3.8) is 0 Å². The topological polar surface area (TPSA) is 67.4 Å². The molecule has 0 radical (unpaired) electrons. The van der Waals surface area contributed by atoms with E-state index in [1.54, 1.807) is 0 Å². The number of rotatable bonds is 3. The second kappa shape index (κ2) is 4.18. The first-order chi connectivity index (χ1) is 5.64. The van der Waals surface area contributed by atoms with Crippen molar-refractivity contribution < 1.29 is 13.2 Å². The van der Waals surface area contributed by atoms with Crippen molar-refractivity contribution in [2.24, 2.45) is 0 Å². The largest absolute Gasteiger partial charge is 0.374 e. The summed E-state index contributed by atoms with van der Waals surface area (Å²) in [6.07, 6.45) is -0.212. The third-order valence-electron chi connectivity index (χ3n) is 1.72. The molecular formula is C6H14N2O3S. The summed E-state index contributed by atoms with van der Waals surface area (Å²) < 4.78 is 29.6. The van der Waals surface area contributed by atoms with Crippen LogP contribution >= 0.6 is 0 Å². The Kier molecular flexibility index (Phi) is 3.45. The maximum Gasteiger partial charge on any atom is 0.213 e. The summed E-state index contributed by atoms with van der Waals surface area (Å²) in [5.41, 5.74) is 0. The predicted octanol–water partition coefficient (Wildman–Crippen LogP) is -1.48.